The Labute approximate surface area is 186 Å². The van der Waals surface area contributed by atoms with Crippen LogP contribution in [0.2, 0.25) is 5.02 Å². The van der Waals surface area contributed by atoms with Gasteiger partial charge in [0.05, 0.1) is 49.0 Å². The fraction of sp³-hybridized carbons (Fsp3) is 0.261. The number of aromatic nitrogens is 4. The van der Waals surface area contributed by atoms with Gasteiger partial charge in [0.25, 0.3) is 0 Å². The standard InChI is InChI=1S/C23H24ClN5O2/c1-5-8-29(21-10-17(30-3)11-22(31-4)23(21)24)16-6-7-18-19(9-16)27-20(13-25-18)15-12-26-28(2)14-15/h6-7,9-14H,5,8H2,1-4H3. The number of fused-ring (bicyclic) bond motifs is 1. The molecule has 0 amide bonds. The predicted molar refractivity (Wildman–Crippen MR) is 124 cm³/mol. The van der Waals surface area contributed by atoms with Gasteiger partial charge in [0.1, 0.15) is 16.5 Å². The fourth-order valence-corrected chi connectivity index (χ4v) is 3.78. The minimum absolute atomic E-state index is 0.534. The largest absolute Gasteiger partial charge is 0.497 e. The van der Waals surface area contributed by atoms with Gasteiger partial charge in [0, 0.05) is 43.2 Å². The molecule has 0 radical (unpaired) electrons. The molecule has 0 saturated heterocycles. The molecule has 0 atom stereocenters. The summed E-state index contributed by atoms with van der Waals surface area (Å²) in [5.41, 5.74) is 5.10. The number of aryl methyl sites for hydroxylation is 1. The molecule has 4 rings (SSSR count). The van der Waals surface area contributed by atoms with Gasteiger partial charge in [-0.2, -0.15) is 5.10 Å². The summed E-state index contributed by atoms with van der Waals surface area (Å²) in [7, 11) is 5.10. The molecule has 0 aliphatic heterocycles. The number of hydrogen-bond donors (Lipinski definition) is 0. The third kappa shape index (κ3) is 4.14. The Kier molecular flexibility index (Phi) is 5.95. The number of benzene rings is 2. The van der Waals surface area contributed by atoms with Crippen molar-refractivity contribution in [3.8, 4) is 22.8 Å². The van der Waals surface area contributed by atoms with E-state index in [2.05, 4.69) is 21.9 Å². The summed E-state index contributed by atoms with van der Waals surface area (Å²) in [6.45, 7) is 2.89. The number of anilines is 2. The Morgan fingerprint density at radius 3 is 2.58 bits per heavy atom. The number of ether oxygens (including phenoxy) is 2. The topological polar surface area (TPSA) is 65.3 Å². The van der Waals surface area contributed by atoms with E-state index in [1.54, 1.807) is 37.4 Å². The third-order valence-corrected chi connectivity index (χ3v) is 5.41. The van der Waals surface area contributed by atoms with E-state index in [1.165, 1.54) is 0 Å². The Morgan fingerprint density at radius 1 is 1.06 bits per heavy atom. The Bertz CT molecular complexity index is 1220. The van der Waals surface area contributed by atoms with E-state index >= 15 is 0 Å². The quantitative estimate of drug-likeness (QED) is 0.393. The van der Waals surface area contributed by atoms with Crippen LogP contribution in [0.3, 0.4) is 0 Å². The van der Waals surface area contributed by atoms with E-state index in [-0.39, 0.29) is 0 Å². The van der Waals surface area contributed by atoms with Crippen LogP contribution in [0, 0.1) is 0 Å². The summed E-state index contributed by atoms with van der Waals surface area (Å²) in [4.78, 5) is 11.5. The van der Waals surface area contributed by atoms with Gasteiger partial charge in [-0.3, -0.25) is 9.67 Å². The second-order valence-electron chi connectivity index (χ2n) is 7.15. The molecular formula is C23H24ClN5O2. The predicted octanol–water partition coefficient (Wildman–Crippen LogP) is 5.25. The van der Waals surface area contributed by atoms with Crippen molar-refractivity contribution >= 4 is 34.0 Å². The molecule has 8 heteroatoms. The van der Waals surface area contributed by atoms with Gasteiger partial charge in [-0.15, -0.1) is 0 Å². The lowest BCUT2D eigenvalue weighted by atomic mass is 10.1. The summed E-state index contributed by atoms with van der Waals surface area (Å²) in [6.07, 6.45) is 6.40. The van der Waals surface area contributed by atoms with Gasteiger partial charge in [0.2, 0.25) is 0 Å². The normalized spacial score (nSPS) is 11.0. The first kappa shape index (κ1) is 20.9. The number of hydrogen-bond acceptors (Lipinski definition) is 6. The minimum atomic E-state index is 0.534. The zero-order chi connectivity index (χ0) is 22.0. The summed E-state index contributed by atoms with van der Waals surface area (Å²) < 4.78 is 12.7. The van der Waals surface area contributed by atoms with Crippen LogP contribution in [0.4, 0.5) is 11.4 Å². The smallest absolute Gasteiger partial charge is 0.143 e. The monoisotopic (exact) mass is 437 g/mol. The van der Waals surface area contributed by atoms with Crippen LogP contribution < -0.4 is 14.4 Å². The molecule has 0 unspecified atom stereocenters. The molecule has 0 fully saturated rings. The van der Waals surface area contributed by atoms with Crippen LogP contribution in [-0.4, -0.2) is 40.5 Å². The highest BCUT2D eigenvalue weighted by Gasteiger charge is 2.18. The van der Waals surface area contributed by atoms with Crippen LogP contribution >= 0.6 is 11.6 Å². The van der Waals surface area contributed by atoms with Crippen molar-refractivity contribution in [2.45, 2.75) is 13.3 Å². The van der Waals surface area contributed by atoms with Gasteiger partial charge in [0.15, 0.2) is 0 Å². The molecule has 31 heavy (non-hydrogen) atoms. The van der Waals surface area contributed by atoms with Gasteiger partial charge in [-0.1, -0.05) is 18.5 Å². The third-order valence-electron chi connectivity index (χ3n) is 5.03. The lowest BCUT2D eigenvalue weighted by Crippen LogP contribution is -2.18. The van der Waals surface area contributed by atoms with Crippen LogP contribution in [0.5, 0.6) is 11.5 Å². The zero-order valence-electron chi connectivity index (χ0n) is 18.0. The van der Waals surface area contributed by atoms with E-state index < -0.39 is 0 Å². The molecular weight excluding hydrogens is 414 g/mol. The van der Waals surface area contributed by atoms with E-state index in [9.17, 15) is 0 Å². The van der Waals surface area contributed by atoms with Gasteiger partial charge >= 0.3 is 0 Å². The summed E-state index contributed by atoms with van der Waals surface area (Å²) in [5.74, 6) is 1.24. The van der Waals surface area contributed by atoms with Crippen LogP contribution in [0.25, 0.3) is 22.3 Å². The first-order valence-corrected chi connectivity index (χ1v) is 10.4. The molecule has 0 aliphatic rings. The Morgan fingerprint density at radius 2 is 1.90 bits per heavy atom. The Hall–Kier alpha value is -3.32. The van der Waals surface area contributed by atoms with Crippen LogP contribution in [0.1, 0.15) is 13.3 Å². The molecule has 0 N–H and O–H groups in total. The van der Waals surface area contributed by atoms with E-state index in [0.717, 1.165) is 46.6 Å². The molecule has 0 saturated carbocycles. The van der Waals surface area contributed by atoms with Crippen LogP contribution in [0.15, 0.2) is 48.9 Å². The molecule has 0 aliphatic carbocycles. The number of rotatable bonds is 7. The lowest BCUT2D eigenvalue weighted by molar-refractivity contribution is 0.394. The number of nitrogens with zero attached hydrogens (tertiary/aromatic N) is 5. The maximum absolute atomic E-state index is 6.68. The molecule has 2 aromatic carbocycles. The highest BCUT2D eigenvalue weighted by molar-refractivity contribution is 6.35. The molecule has 0 bridgehead atoms. The number of halogens is 1. The maximum atomic E-state index is 6.68. The summed E-state index contributed by atoms with van der Waals surface area (Å²) >= 11 is 6.68. The van der Waals surface area contributed by atoms with Crippen molar-refractivity contribution < 1.29 is 9.47 Å². The molecule has 7 nitrogen and oxygen atoms in total. The average Bonchev–Trinajstić information content (AvgIpc) is 3.23. The first-order valence-electron chi connectivity index (χ1n) is 9.99. The molecule has 4 aromatic rings. The SMILES string of the molecule is CCCN(c1ccc2ncc(-c3cnn(C)c3)nc2c1)c1cc(OC)cc(OC)c1Cl. The average molecular weight is 438 g/mol. The second-order valence-corrected chi connectivity index (χ2v) is 7.52. The van der Waals surface area contributed by atoms with E-state index in [4.69, 9.17) is 26.1 Å². The fourth-order valence-electron chi connectivity index (χ4n) is 3.49. The summed E-state index contributed by atoms with van der Waals surface area (Å²) in [6, 6.07) is 9.72. The molecule has 160 valence electrons. The lowest BCUT2D eigenvalue weighted by Gasteiger charge is -2.27. The number of methoxy groups -OCH3 is 2. The van der Waals surface area contributed by atoms with Gasteiger partial charge in [-0.05, 0) is 24.6 Å². The second kappa shape index (κ2) is 8.81. The van der Waals surface area contributed by atoms with Crippen LogP contribution in [-0.2, 0) is 7.05 Å². The molecule has 0 spiro atoms. The highest BCUT2D eigenvalue weighted by atomic mass is 35.5. The van der Waals surface area contributed by atoms with Gasteiger partial charge in [-0.25, -0.2) is 4.98 Å². The Balaban J connectivity index is 1.82. The molecule has 2 aromatic heterocycles. The van der Waals surface area contributed by atoms with Crippen molar-refractivity contribution in [3.63, 3.8) is 0 Å². The van der Waals surface area contributed by atoms with Crippen molar-refractivity contribution in [1.82, 2.24) is 19.7 Å². The van der Waals surface area contributed by atoms with Crippen molar-refractivity contribution in [2.75, 3.05) is 25.7 Å². The minimum Gasteiger partial charge on any atom is -0.497 e. The molecule has 2 heterocycles. The summed E-state index contributed by atoms with van der Waals surface area (Å²) in [5, 5.41) is 4.76. The van der Waals surface area contributed by atoms with Gasteiger partial charge < -0.3 is 14.4 Å². The van der Waals surface area contributed by atoms with Crippen molar-refractivity contribution in [2.24, 2.45) is 7.05 Å². The van der Waals surface area contributed by atoms with E-state index in [1.807, 2.05) is 37.5 Å². The van der Waals surface area contributed by atoms with E-state index in [0.29, 0.717) is 16.5 Å². The van der Waals surface area contributed by atoms with Crippen molar-refractivity contribution in [3.05, 3.63) is 53.9 Å². The first-order chi connectivity index (χ1) is 15.0. The van der Waals surface area contributed by atoms with Crippen molar-refractivity contribution in [1.29, 1.82) is 0 Å². The highest BCUT2D eigenvalue weighted by Crippen LogP contribution is 2.42. The zero-order valence-corrected chi connectivity index (χ0v) is 18.7. The maximum Gasteiger partial charge on any atom is 0.143 e.